The number of aromatic amines is 1. The van der Waals surface area contributed by atoms with E-state index < -0.39 is 5.82 Å². The summed E-state index contributed by atoms with van der Waals surface area (Å²) in [4.78, 5) is 15.5. The molecule has 0 radical (unpaired) electrons. The Morgan fingerprint density at radius 1 is 1.21 bits per heavy atom. The van der Waals surface area contributed by atoms with Crippen LogP contribution in [0.3, 0.4) is 0 Å². The number of benzene rings is 1. The fourth-order valence-corrected chi connectivity index (χ4v) is 2.09. The highest BCUT2D eigenvalue weighted by atomic mass is 19.1. The molecule has 1 N–H and O–H groups in total. The van der Waals surface area contributed by atoms with Crippen LogP contribution in [0.2, 0.25) is 0 Å². The van der Waals surface area contributed by atoms with E-state index in [0.29, 0.717) is 5.69 Å². The smallest absolute Gasteiger partial charge is 0.216 e. The zero-order valence-electron chi connectivity index (χ0n) is 11.4. The normalized spacial score (nSPS) is 10.6. The number of carbonyl (C=O) groups is 1. The molecule has 0 unspecified atom stereocenters. The molecule has 2 rings (SSSR count). The second-order valence-corrected chi connectivity index (χ2v) is 4.52. The van der Waals surface area contributed by atoms with E-state index in [1.54, 1.807) is 6.07 Å². The quantitative estimate of drug-likeness (QED) is 0.861. The summed E-state index contributed by atoms with van der Waals surface area (Å²) < 4.78 is 19.0. The van der Waals surface area contributed by atoms with E-state index in [4.69, 9.17) is 4.74 Å². The van der Waals surface area contributed by atoms with E-state index in [-0.39, 0.29) is 17.1 Å². The van der Waals surface area contributed by atoms with Gasteiger partial charge in [0.25, 0.3) is 0 Å². The second-order valence-electron chi connectivity index (χ2n) is 4.52. The van der Waals surface area contributed by atoms with Gasteiger partial charge in [-0.25, -0.2) is 4.39 Å². The number of rotatable bonds is 3. The first-order valence-electron chi connectivity index (χ1n) is 6.00. The number of halogens is 1. The molecular formula is C15H16FNO2. The van der Waals surface area contributed by atoms with Crippen molar-refractivity contribution in [3.8, 4) is 5.75 Å². The predicted molar refractivity (Wildman–Crippen MR) is 71.4 cm³/mol. The minimum atomic E-state index is -0.575. The highest BCUT2D eigenvalue weighted by molar-refractivity contribution is 6.10. The van der Waals surface area contributed by atoms with Crippen molar-refractivity contribution in [2.75, 3.05) is 7.11 Å². The third kappa shape index (κ3) is 2.14. The fourth-order valence-electron chi connectivity index (χ4n) is 2.09. The summed E-state index contributed by atoms with van der Waals surface area (Å²) in [6, 6.07) is 4.35. The Bertz CT molecular complexity index is 644. The van der Waals surface area contributed by atoms with Gasteiger partial charge in [-0.05, 0) is 44.0 Å². The van der Waals surface area contributed by atoms with Gasteiger partial charge in [0.2, 0.25) is 5.78 Å². The first-order valence-corrected chi connectivity index (χ1v) is 6.00. The molecule has 0 saturated carbocycles. The number of ether oxygens (including phenoxy) is 1. The molecule has 19 heavy (non-hydrogen) atoms. The van der Waals surface area contributed by atoms with Crippen LogP contribution in [0.5, 0.6) is 5.75 Å². The summed E-state index contributed by atoms with van der Waals surface area (Å²) >= 11 is 0. The molecule has 1 aromatic carbocycles. The standard InChI is InChI=1S/C15H16FNO2/c1-8-9(2)14(17-10(8)3)15(18)13-11(16)6-5-7-12(13)19-4/h5-7,17H,1-4H3. The average molecular weight is 261 g/mol. The van der Waals surface area contributed by atoms with Crippen molar-refractivity contribution in [1.29, 1.82) is 0 Å². The maximum Gasteiger partial charge on any atom is 0.216 e. The van der Waals surface area contributed by atoms with Crippen molar-refractivity contribution >= 4 is 5.78 Å². The van der Waals surface area contributed by atoms with Crippen LogP contribution in [-0.4, -0.2) is 17.9 Å². The van der Waals surface area contributed by atoms with Crippen molar-refractivity contribution in [2.45, 2.75) is 20.8 Å². The van der Waals surface area contributed by atoms with Crippen molar-refractivity contribution in [1.82, 2.24) is 4.98 Å². The Balaban J connectivity index is 2.59. The Morgan fingerprint density at radius 2 is 1.89 bits per heavy atom. The summed E-state index contributed by atoms with van der Waals surface area (Å²) in [5.41, 5.74) is 3.15. The minimum Gasteiger partial charge on any atom is -0.496 e. The molecule has 1 aromatic heterocycles. The lowest BCUT2D eigenvalue weighted by atomic mass is 10.0. The van der Waals surface area contributed by atoms with Gasteiger partial charge in [-0.3, -0.25) is 4.79 Å². The highest BCUT2D eigenvalue weighted by Gasteiger charge is 2.23. The van der Waals surface area contributed by atoms with Crippen LogP contribution in [0.15, 0.2) is 18.2 Å². The Kier molecular flexibility index (Phi) is 3.42. The lowest BCUT2D eigenvalue weighted by molar-refractivity contribution is 0.102. The average Bonchev–Trinajstić information content (AvgIpc) is 2.65. The van der Waals surface area contributed by atoms with Gasteiger partial charge in [-0.2, -0.15) is 0 Å². The van der Waals surface area contributed by atoms with E-state index in [1.165, 1.54) is 19.2 Å². The minimum absolute atomic E-state index is 0.0330. The summed E-state index contributed by atoms with van der Waals surface area (Å²) in [5, 5.41) is 0. The van der Waals surface area contributed by atoms with Gasteiger partial charge in [-0.15, -0.1) is 0 Å². The maximum atomic E-state index is 13.9. The SMILES string of the molecule is COc1cccc(F)c1C(=O)c1[nH]c(C)c(C)c1C. The van der Waals surface area contributed by atoms with Gasteiger partial charge < -0.3 is 9.72 Å². The Hall–Kier alpha value is -2.10. The molecule has 0 aliphatic heterocycles. The van der Waals surface area contributed by atoms with Crippen molar-refractivity contribution < 1.29 is 13.9 Å². The van der Waals surface area contributed by atoms with Crippen LogP contribution >= 0.6 is 0 Å². The second kappa shape index (κ2) is 4.88. The number of hydrogen-bond acceptors (Lipinski definition) is 2. The van der Waals surface area contributed by atoms with Crippen molar-refractivity contribution in [3.63, 3.8) is 0 Å². The molecule has 0 spiro atoms. The summed E-state index contributed by atoms with van der Waals surface area (Å²) in [6.07, 6.45) is 0. The van der Waals surface area contributed by atoms with Crippen LogP contribution in [0.25, 0.3) is 0 Å². The lowest BCUT2D eigenvalue weighted by Crippen LogP contribution is -2.08. The number of aromatic nitrogens is 1. The molecule has 4 heteroatoms. The monoisotopic (exact) mass is 261 g/mol. The van der Waals surface area contributed by atoms with Crippen LogP contribution in [0.4, 0.5) is 4.39 Å². The molecule has 3 nitrogen and oxygen atoms in total. The first-order chi connectivity index (χ1) is 8.97. The van der Waals surface area contributed by atoms with Gasteiger partial charge in [-0.1, -0.05) is 6.07 Å². The molecule has 0 atom stereocenters. The maximum absolute atomic E-state index is 13.9. The molecular weight excluding hydrogens is 245 g/mol. The zero-order valence-corrected chi connectivity index (χ0v) is 11.4. The molecule has 0 bridgehead atoms. The molecule has 100 valence electrons. The van der Waals surface area contributed by atoms with E-state index in [9.17, 15) is 9.18 Å². The van der Waals surface area contributed by atoms with Gasteiger partial charge >= 0.3 is 0 Å². The number of hydrogen-bond donors (Lipinski definition) is 1. The lowest BCUT2D eigenvalue weighted by Gasteiger charge is -2.08. The number of nitrogens with one attached hydrogen (secondary N) is 1. The number of carbonyl (C=O) groups excluding carboxylic acids is 1. The molecule has 0 aliphatic rings. The number of H-pyrrole nitrogens is 1. The molecule has 0 saturated heterocycles. The Labute approximate surface area is 111 Å². The molecule has 2 aromatic rings. The fraction of sp³-hybridized carbons (Fsp3) is 0.267. The number of methoxy groups -OCH3 is 1. The van der Waals surface area contributed by atoms with E-state index in [0.717, 1.165) is 16.8 Å². The molecule has 1 heterocycles. The molecule has 0 fully saturated rings. The van der Waals surface area contributed by atoms with Crippen molar-refractivity contribution in [2.24, 2.45) is 0 Å². The van der Waals surface area contributed by atoms with E-state index in [1.807, 2.05) is 20.8 Å². The van der Waals surface area contributed by atoms with Crippen LogP contribution in [-0.2, 0) is 0 Å². The van der Waals surface area contributed by atoms with E-state index >= 15 is 0 Å². The zero-order chi connectivity index (χ0) is 14.2. The highest BCUT2D eigenvalue weighted by Crippen LogP contribution is 2.26. The third-order valence-corrected chi connectivity index (χ3v) is 3.46. The summed E-state index contributed by atoms with van der Waals surface area (Å²) in [5.74, 6) is -0.716. The number of ketones is 1. The molecule has 0 amide bonds. The van der Waals surface area contributed by atoms with Gasteiger partial charge in [0.05, 0.1) is 12.8 Å². The third-order valence-electron chi connectivity index (χ3n) is 3.46. The van der Waals surface area contributed by atoms with Crippen molar-refractivity contribution in [3.05, 3.63) is 52.1 Å². The van der Waals surface area contributed by atoms with Gasteiger partial charge in [0.1, 0.15) is 17.1 Å². The summed E-state index contributed by atoms with van der Waals surface area (Å²) in [7, 11) is 1.42. The van der Waals surface area contributed by atoms with Gasteiger partial charge in [0.15, 0.2) is 0 Å². The van der Waals surface area contributed by atoms with Crippen LogP contribution < -0.4 is 4.74 Å². The Morgan fingerprint density at radius 3 is 2.42 bits per heavy atom. The summed E-state index contributed by atoms with van der Waals surface area (Å²) in [6.45, 7) is 5.66. The topological polar surface area (TPSA) is 42.1 Å². The van der Waals surface area contributed by atoms with Crippen LogP contribution in [0, 0.1) is 26.6 Å². The van der Waals surface area contributed by atoms with E-state index in [2.05, 4.69) is 4.98 Å². The molecule has 0 aliphatic carbocycles. The largest absolute Gasteiger partial charge is 0.496 e. The number of aryl methyl sites for hydroxylation is 1. The van der Waals surface area contributed by atoms with Crippen LogP contribution in [0.1, 0.15) is 32.9 Å². The van der Waals surface area contributed by atoms with Gasteiger partial charge in [0, 0.05) is 5.69 Å². The predicted octanol–water partition coefficient (Wildman–Crippen LogP) is 3.32. The first kappa shape index (κ1) is 13.3.